The van der Waals surface area contributed by atoms with E-state index in [9.17, 15) is 0 Å². The molecule has 0 saturated heterocycles. The molecule has 3 heteroatoms. The van der Waals surface area contributed by atoms with Gasteiger partial charge < -0.3 is 4.42 Å². The summed E-state index contributed by atoms with van der Waals surface area (Å²) in [7, 11) is 0. The molecule has 0 atom stereocenters. The highest BCUT2D eigenvalue weighted by Gasteiger charge is 2.19. The Hall–Kier alpha value is -6.32. The number of furan rings is 1. The minimum Gasteiger partial charge on any atom is -0.452 e. The Balaban J connectivity index is 1.17. The van der Waals surface area contributed by atoms with Crippen molar-refractivity contribution in [2.75, 3.05) is 0 Å². The molecule has 0 aliphatic rings. The van der Waals surface area contributed by atoms with Crippen molar-refractivity contribution >= 4 is 32.8 Å². The normalized spacial score (nSPS) is 11.4. The largest absolute Gasteiger partial charge is 0.452 e. The molecular weight excluding hydrogens is 572 g/mol. The predicted molar refractivity (Wildman–Crippen MR) is 194 cm³/mol. The molecule has 0 spiro atoms. The molecule has 0 saturated carbocycles. The third-order valence-corrected chi connectivity index (χ3v) is 8.86. The Morgan fingerprint density at radius 3 is 1.70 bits per heavy atom. The molecule has 47 heavy (non-hydrogen) atoms. The minimum atomic E-state index is 0.664. The molecule has 9 aromatic rings. The first-order valence-corrected chi connectivity index (χ1v) is 15.8. The first kappa shape index (κ1) is 27.0. The summed E-state index contributed by atoms with van der Waals surface area (Å²) in [6, 6.07) is 59.4. The number of hydrogen-bond donors (Lipinski definition) is 0. The van der Waals surface area contributed by atoms with E-state index in [0.29, 0.717) is 11.4 Å². The van der Waals surface area contributed by atoms with Crippen LogP contribution in [0.3, 0.4) is 0 Å². The summed E-state index contributed by atoms with van der Waals surface area (Å²) in [5.74, 6) is 0.664. The topological polar surface area (TPSA) is 38.9 Å². The third kappa shape index (κ3) is 4.95. The molecule has 0 amide bonds. The fourth-order valence-corrected chi connectivity index (χ4v) is 6.48. The summed E-state index contributed by atoms with van der Waals surface area (Å²) in [6.07, 6.45) is 0. The van der Waals surface area contributed by atoms with Gasteiger partial charge in [-0.3, -0.25) is 0 Å². The first-order valence-electron chi connectivity index (χ1n) is 15.8. The third-order valence-electron chi connectivity index (χ3n) is 8.86. The van der Waals surface area contributed by atoms with Gasteiger partial charge in [0.2, 0.25) is 0 Å². The average molecular weight is 601 g/mol. The summed E-state index contributed by atoms with van der Waals surface area (Å²) in [5, 5.41) is 3.46. The van der Waals surface area contributed by atoms with Gasteiger partial charge in [0.25, 0.3) is 0 Å². The molecule has 2 aromatic heterocycles. The molecule has 0 radical (unpaired) electrons. The van der Waals surface area contributed by atoms with Crippen molar-refractivity contribution in [1.29, 1.82) is 0 Å². The summed E-state index contributed by atoms with van der Waals surface area (Å²) in [6.45, 7) is 0. The van der Waals surface area contributed by atoms with Gasteiger partial charge in [0.15, 0.2) is 11.4 Å². The molecule has 0 aliphatic carbocycles. The van der Waals surface area contributed by atoms with E-state index in [1.165, 1.54) is 21.9 Å². The highest BCUT2D eigenvalue weighted by Crippen LogP contribution is 2.37. The molecule has 0 N–H and O–H groups in total. The number of hydrogen-bond acceptors (Lipinski definition) is 3. The lowest BCUT2D eigenvalue weighted by atomic mass is 9.96. The van der Waals surface area contributed by atoms with Crippen LogP contribution in [-0.2, 0) is 0 Å². The van der Waals surface area contributed by atoms with Crippen molar-refractivity contribution < 1.29 is 4.42 Å². The number of rotatable bonds is 5. The molecule has 7 aromatic carbocycles. The van der Waals surface area contributed by atoms with Gasteiger partial charge in [0.1, 0.15) is 16.8 Å². The van der Waals surface area contributed by atoms with Crippen molar-refractivity contribution in [1.82, 2.24) is 9.97 Å². The van der Waals surface area contributed by atoms with Crippen LogP contribution in [-0.4, -0.2) is 9.97 Å². The van der Waals surface area contributed by atoms with Crippen LogP contribution in [0.25, 0.3) is 88.9 Å². The molecule has 220 valence electrons. The van der Waals surface area contributed by atoms with Crippen LogP contribution >= 0.6 is 0 Å². The number of para-hydroxylation sites is 1. The molecular formula is C44H28N2O. The summed E-state index contributed by atoms with van der Waals surface area (Å²) in [5.41, 5.74) is 11.9. The lowest BCUT2D eigenvalue weighted by Gasteiger charge is -2.10. The smallest absolute Gasteiger partial charge is 0.180 e. The van der Waals surface area contributed by atoms with E-state index in [-0.39, 0.29) is 0 Å². The van der Waals surface area contributed by atoms with Gasteiger partial charge >= 0.3 is 0 Å². The van der Waals surface area contributed by atoms with Crippen molar-refractivity contribution in [3.63, 3.8) is 0 Å². The maximum atomic E-state index is 6.42. The molecule has 0 bridgehead atoms. The number of nitrogens with zero attached hydrogens (tertiary/aromatic N) is 2. The standard InChI is InChI=1S/C44H28N2O/c1-2-11-29(12-3-1)32-15-9-19-37(27-32)41-43-42(39-21-6-7-22-40(39)47-43)46-44(45-41)38-20-10-18-35(28-38)33-16-8-17-34(26-33)36-24-23-30-13-4-5-14-31(30)25-36/h1-28H. The quantitative estimate of drug-likeness (QED) is 0.197. The van der Waals surface area contributed by atoms with Gasteiger partial charge in [0, 0.05) is 16.5 Å². The molecule has 2 heterocycles. The van der Waals surface area contributed by atoms with Crippen molar-refractivity contribution in [3.05, 3.63) is 170 Å². The molecule has 0 fully saturated rings. The fourth-order valence-electron chi connectivity index (χ4n) is 6.48. The number of benzene rings is 7. The van der Waals surface area contributed by atoms with E-state index in [1.807, 2.05) is 24.3 Å². The molecule has 0 aliphatic heterocycles. The minimum absolute atomic E-state index is 0.664. The van der Waals surface area contributed by atoms with Crippen molar-refractivity contribution in [2.24, 2.45) is 0 Å². The predicted octanol–water partition coefficient (Wildman–Crippen LogP) is 11.9. The Morgan fingerprint density at radius 2 is 0.915 bits per heavy atom. The zero-order valence-corrected chi connectivity index (χ0v) is 25.5. The summed E-state index contributed by atoms with van der Waals surface area (Å²) >= 11 is 0. The second-order valence-corrected chi connectivity index (χ2v) is 11.8. The molecule has 9 rings (SSSR count). The summed E-state index contributed by atoms with van der Waals surface area (Å²) < 4.78 is 6.42. The van der Waals surface area contributed by atoms with Crippen LogP contribution in [0, 0.1) is 0 Å². The second-order valence-electron chi connectivity index (χ2n) is 11.8. The van der Waals surface area contributed by atoms with Crippen LogP contribution < -0.4 is 0 Å². The van der Waals surface area contributed by atoms with Gasteiger partial charge in [-0.05, 0) is 80.6 Å². The zero-order chi connectivity index (χ0) is 31.2. The van der Waals surface area contributed by atoms with Crippen LogP contribution in [0.2, 0.25) is 0 Å². The monoisotopic (exact) mass is 600 g/mol. The van der Waals surface area contributed by atoms with Crippen LogP contribution in [0.4, 0.5) is 0 Å². The molecule has 3 nitrogen and oxygen atoms in total. The maximum absolute atomic E-state index is 6.42. The fraction of sp³-hybridized carbons (Fsp3) is 0. The van der Waals surface area contributed by atoms with Crippen molar-refractivity contribution in [2.45, 2.75) is 0 Å². The Bertz CT molecular complexity index is 2580. The van der Waals surface area contributed by atoms with Gasteiger partial charge in [-0.25, -0.2) is 9.97 Å². The molecule has 0 unspecified atom stereocenters. The number of fused-ring (bicyclic) bond motifs is 4. The van der Waals surface area contributed by atoms with E-state index < -0.39 is 0 Å². The Labute approximate surface area is 272 Å². The Morgan fingerprint density at radius 1 is 0.362 bits per heavy atom. The second kappa shape index (κ2) is 11.2. The van der Waals surface area contributed by atoms with E-state index in [0.717, 1.165) is 55.6 Å². The average Bonchev–Trinajstić information content (AvgIpc) is 3.53. The highest BCUT2D eigenvalue weighted by atomic mass is 16.3. The van der Waals surface area contributed by atoms with E-state index in [2.05, 4.69) is 146 Å². The SMILES string of the molecule is c1ccc(-c2cccc(-c3nc(-c4cccc(-c5cccc(-c6ccc7ccccc7c6)c5)c4)nc4c3oc3ccccc34)c2)cc1. The van der Waals surface area contributed by atoms with E-state index in [1.54, 1.807) is 0 Å². The zero-order valence-electron chi connectivity index (χ0n) is 25.5. The lowest BCUT2D eigenvalue weighted by molar-refractivity contribution is 0.667. The summed E-state index contributed by atoms with van der Waals surface area (Å²) in [4.78, 5) is 10.3. The van der Waals surface area contributed by atoms with E-state index in [4.69, 9.17) is 14.4 Å². The first-order chi connectivity index (χ1) is 23.3. The van der Waals surface area contributed by atoms with Crippen molar-refractivity contribution in [3.8, 4) is 56.0 Å². The van der Waals surface area contributed by atoms with Crippen LogP contribution in [0.1, 0.15) is 0 Å². The van der Waals surface area contributed by atoms with Crippen LogP contribution in [0.15, 0.2) is 174 Å². The highest BCUT2D eigenvalue weighted by molar-refractivity contribution is 6.07. The van der Waals surface area contributed by atoms with E-state index >= 15 is 0 Å². The van der Waals surface area contributed by atoms with Crippen LogP contribution in [0.5, 0.6) is 0 Å². The Kier molecular flexibility index (Phi) is 6.46. The van der Waals surface area contributed by atoms with Gasteiger partial charge in [-0.1, -0.05) is 133 Å². The maximum Gasteiger partial charge on any atom is 0.180 e. The van der Waals surface area contributed by atoms with Gasteiger partial charge in [-0.15, -0.1) is 0 Å². The van der Waals surface area contributed by atoms with Gasteiger partial charge in [0.05, 0.1) is 0 Å². The number of aromatic nitrogens is 2. The lowest BCUT2D eigenvalue weighted by Crippen LogP contribution is -1.94. The van der Waals surface area contributed by atoms with Gasteiger partial charge in [-0.2, -0.15) is 0 Å².